The summed E-state index contributed by atoms with van der Waals surface area (Å²) in [4.78, 5) is 13.1. The number of ether oxygens (including phenoxy) is 1. The van der Waals surface area contributed by atoms with E-state index in [1.807, 2.05) is 12.1 Å². The molecule has 1 N–H and O–H groups in total. The molecule has 1 saturated heterocycles. The number of unbranched alkanes of at least 4 members (excludes halogenated alkanes) is 1. The van der Waals surface area contributed by atoms with Crippen molar-refractivity contribution in [2.75, 3.05) is 19.8 Å². The first kappa shape index (κ1) is 19.5. The molecule has 24 heavy (non-hydrogen) atoms. The predicted octanol–water partition coefficient (Wildman–Crippen LogP) is 4.83. The largest absolute Gasteiger partial charge is 0.381 e. The highest BCUT2D eigenvalue weighted by molar-refractivity contribution is 9.10. The first-order valence-corrected chi connectivity index (χ1v) is 10.0. The summed E-state index contributed by atoms with van der Waals surface area (Å²) < 4.78 is 6.57. The molecule has 0 radical (unpaired) electrons. The molecule has 1 aliphatic rings. The summed E-state index contributed by atoms with van der Waals surface area (Å²) in [5.41, 5.74) is 0.662. The molecule has 0 spiro atoms. The Morgan fingerprint density at radius 3 is 2.50 bits per heavy atom. The SMILES string of the molecule is CCCCC(CC)CNC(=O)C1(c2ccc(Br)cc2)CCOCC1. The highest BCUT2D eigenvalue weighted by Gasteiger charge is 2.41. The normalized spacial score (nSPS) is 18.1. The number of benzene rings is 1. The minimum absolute atomic E-state index is 0.170. The third kappa shape index (κ3) is 4.82. The Morgan fingerprint density at radius 1 is 1.25 bits per heavy atom. The topological polar surface area (TPSA) is 38.3 Å². The number of halogens is 1. The van der Waals surface area contributed by atoms with E-state index in [-0.39, 0.29) is 5.91 Å². The fraction of sp³-hybridized carbons (Fsp3) is 0.650. The number of nitrogens with one attached hydrogen (secondary N) is 1. The lowest BCUT2D eigenvalue weighted by Gasteiger charge is -2.36. The second-order valence-corrected chi connectivity index (χ2v) is 7.74. The van der Waals surface area contributed by atoms with Gasteiger partial charge in [0.05, 0.1) is 5.41 Å². The molecular weight excluding hydrogens is 366 g/mol. The smallest absolute Gasteiger partial charge is 0.230 e. The number of carbonyl (C=O) groups is 1. The fourth-order valence-electron chi connectivity index (χ4n) is 3.49. The second kappa shape index (κ2) is 9.57. The van der Waals surface area contributed by atoms with Gasteiger partial charge < -0.3 is 10.1 Å². The molecule has 0 aliphatic carbocycles. The van der Waals surface area contributed by atoms with Crippen molar-refractivity contribution < 1.29 is 9.53 Å². The van der Waals surface area contributed by atoms with Crippen LogP contribution in [0.15, 0.2) is 28.7 Å². The van der Waals surface area contributed by atoms with Crippen LogP contribution in [0.3, 0.4) is 0 Å². The van der Waals surface area contributed by atoms with Crippen LogP contribution in [0.4, 0.5) is 0 Å². The molecular formula is C20H30BrNO2. The van der Waals surface area contributed by atoms with Gasteiger partial charge in [-0.3, -0.25) is 4.79 Å². The molecule has 0 bridgehead atoms. The standard InChI is InChI=1S/C20H30BrNO2/c1-3-5-6-16(4-2)15-22-19(23)20(11-13-24-14-12-20)17-7-9-18(21)10-8-17/h7-10,16H,3-6,11-15H2,1-2H3,(H,22,23). The number of rotatable bonds is 8. The summed E-state index contributed by atoms with van der Waals surface area (Å²) in [5.74, 6) is 0.749. The van der Waals surface area contributed by atoms with Gasteiger partial charge >= 0.3 is 0 Å². The van der Waals surface area contributed by atoms with Crippen LogP contribution in [-0.4, -0.2) is 25.7 Å². The van der Waals surface area contributed by atoms with Crippen LogP contribution in [-0.2, 0) is 14.9 Å². The first-order valence-electron chi connectivity index (χ1n) is 9.24. The number of amides is 1. The van der Waals surface area contributed by atoms with Crippen molar-refractivity contribution in [3.05, 3.63) is 34.3 Å². The lowest BCUT2D eigenvalue weighted by atomic mass is 9.73. The van der Waals surface area contributed by atoms with Gasteiger partial charge in [0.1, 0.15) is 0 Å². The van der Waals surface area contributed by atoms with Gasteiger partial charge in [-0.1, -0.05) is 61.2 Å². The first-order chi connectivity index (χ1) is 11.6. The van der Waals surface area contributed by atoms with Crippen molar-refractivity contribution >= 4 is 21.8 Å². The van der Waals surface area contributed by atoms with Gasteiger partial charge in [0.2, 0.25) is 5.91 Å². The van der Waals surface area contributed by atoms with Crippen LogP contribution < -0.4 is 5.32 Å². The van der Waals surface area contributed by atoms with Crippen LogP contribution in [0.25, 0.3) is 0 Å². The van der Waals surface area contributed by atoms with Gasteiger partial charge in [-0.25, -0.2) is 0 Å². The predicted molar refractivity (Wildman–Crippen MR) is 102 cm³/mol. The van der Waals surface area contributed by atoms with Crippen LogP contribution in [0.5, 0.6) is 0 Å². The molecule has 0 aromatic heterocycles. The van der Waals surface area contributed by atoms with Gasteiger partial charge in [0.25, 0.3) is 0 Å². The molecule has 1 heterocycles. The fourth-order valence-corrected chi connectivity index (χ4v) is 3.75. The summed E-state index contributed by atoms with van der Waals surface area (Å²) in [6.07, 6.45) is 6.28. The lowest BCUT2D eigenvalue weighted by molar-refractivity contribution is -0.130. The average Bonchev–Trinajstić information content (AvgIpc) is 2.62. The van der Waals surface area contributed by atoms with E-state index in [0.717, 1.165) is 35.8 Å². The molecule has 1 atom stereocenters. The molecule has 1 fully saturated rings. The Kier molecular flexibility index (Phi) is 7.76. The average molecular weight is 396 g/mol. The molecule has 1 aromatic carbocycles. The molecule has 134 valence electrons. The van der Waals surface area contributed by atoms with E-state index in [1.54, 1.807) is 0 Å². The highest BCUT2D eigenvalue weighted by atomic mass is 79.9. The highest BCUT2D eigenvalue weighted by Crippen LogP contribution is 2.36. The van der Waals surface area contributed by atoms with Gasteiger partial charge in [-0.2, -0.15) is 0 Å². The third-order valence-corrected chi connectivity index (χ3v) is 5.80. The summed E-state index contributed by atoms with van der Waals surface area (Å²) in [6, 6.07) is 8.19. The quantitative estimate of drug-likeness (QED) is 0.684. The second-order valence-electron chi connectivity index (χ2n) is 6.83. The van der Waals surface area contributed by atoms with E-state index in [0.29, 0.717) is 19.1 Å². The molecule has 1 aliphatic heterocycles. The molecule has 1 aromatic rings. The zero-order valence-electron chi connectivity index (χ0n) is 14.9. The van der Waals surface area contributed by atoms with E-state index >= 15 is 0 Å². The van der Waals surface area contributed by atoms with E-state index in [2.05, 4.69) is 47.2 Å². The minimum atomic E-state index is -0.442. The van der Waals surface area contributed by atoms with Gasteiger partial charge in [0, 0.05) is 24.2 Å². The molecule has 3 nitrogen and oxygen atoms in total. The van der Waals surface area contributed by atoms with Crippen LogP contribution in [0.2, 0.25) is 0 Å². The molecule has 0 saturated carbocycles. The van der Waals surface area contributed by atoms with Gasteiger partial charge in [-0.15, -0.1) is 0 Å². The van der Waals surface area contributed by atoms with Crippen LogP contribution in [0, 0.1) is 5.92 Å². The monoisotopic (exact) mass is 395 g/mol. The van der Waals surface area contributed by atoms with Crippen LogP contribution >= 0.6 is 15.9 Å². The molecule has 1 amide bonds. The van der Waals surface area contributed by atoms with Crippen molar-refractivity contribution in [1.82, 2.24) is 5.32 Å². The Hall–Kier alpha value is -0.870. The van der Waals surface area contributed by atoms with E-state index < -0.39 is 5.41 Å². The number of hydrogen-bond donors (Lipinski definition) is 1. The van der Waals surface area contributed by atoms with Gasteiger partial charge in [-0.05, 0) is 42.9 Å². The summed E-state index contributed by atoms with van der Waals surface area (Å²) >= 11 is 3.48. The third-order valence-electron chi connectivity index (χ3n) is 5.27. The Bertz CT molecular complexity index is 509. The Balaban J connectivity index is 2.09. The summed E-state index contributed by atoms with van der Waals surface area (Å²) in [7, 11) is 0. The van der Waals surface area contributed by atoms with Crippen molar-refractivity contribution in [1.29, 1.82) is 0 Å². The van der Waals surface area contributed by atoms with Crippen molar-refractivity contribution in [2.24, 2.45) is 5.92 Å². The molecule has 4 heteroatoms. The van der Waals surface area contributed by atoms with E-state index in [1.165, 1.54) is 19.3 Å². The molecule has 1 unspecified atom stereocenters. The number of hydrogen-bond acceptors (Lipinski definition) is 2. The van der Waals surface area contributed by atoms with E-state index in [4.69, 9.17) is 4.74 Å². The zero-order valence-corrected chi connectivity index (χ0v) is 16.5. The molecule has 2 rings (SSSR count). The lowest BCUT2D eigenvalue weighted by Crippen LogP contribution is -2.49. The Labute approximate surface area is 154 Å². The van der Waals surface area contributed by atoms with Gasteiger partial charge in [0.15, 0.2) is 0 Å². The van der Waals surface area contributed by atoms with Crippen molar-refractivity contribution in [3.63, 3.8) is 0 Å². The summed E-state index contributed by atoms with van der Waals surface area (Å²) in [5, 5.41) is 3.26. The summed E-state index contributed by atoms with van der Waals surface area (Å²) in [6.45, 7) is 6.52. The van der Waals surface area contributed by atoms with Crippen molar-refractivity contribution in [2.45, 2.75) is 57.8 Å². The zero-order chi connectivity index (χ0) is 17.4. The Morgan fingerprint density at radius 2 is 1.92 bits per heavy atom. The number of carbonyl (C=O) groups excluding carboxylic acids is 1. The maximum absolute atomic E-state index is 13.1. The van der Waals surface area contributed by atoms with Crippen molar-refractivity contribution in [3.8, 4) is 0 Å². The maximum Gasteiger partial charge on any atom is 0.230 e. The minimum Gasteiger partial charge on any atom is -0.381 e. The maximum atomic E-state index is 13.1. The van der Waals surface area contributed by atoms with Crippen LogP contribution in [0.1, 0.15) is 57.9 Å². The van der Waals surface area contributed by atoms with E-state index in [9.17, 15) is 4.79 Å².